The van der Waals surface area contributed by atoms with E-state index in [4.69, 9.17) is 0 Å². The Bertz CT molecular complexity index is 292. The molecule has 0 aliphatic heterocycles. The van der Waals surface area contributed by atoms with E-state index in [1.165, 1.54) is 36.5 Å². The van der Waals surface area contributed by atoms with E-state index in [0.717, 1.165) is 0 Å². The number of hydrogen-bond donors (Lipinski definition) is 0. The molecular weight excluding hydrogens is 208 g/mol. The van der Waals surface area contributed by atoms with Crippen molar-refractivity contribution < 1.29 is 0 Å². The van der Waals surface area contributed by atoms with Crippen LogP contribution in [0.25, 0.3) is 0 Å². The normalized spacial score (nSPS) is 10.3. The average Bonchev–Trinajstić information content (AvgIpc) is 2.31. The first-order valence-corrected chi connectivity index (χ1v) is 8.08. The number of benzene rings is 1. The van der Waals surface area contributed by atoms with Crippen LogP contribution in [0.15, 0.2) is 55.6 Å². The van der Waals surface area contributed by atoms with Gasteiger partial charge in [-0.15, -0.1) is 13.2 Å². The van der Waals surface area contributed by atoms with Crippen LogP contribution in [-0.2, 0) is 6.42 Å². The van der Waals surface area contributed by atoms with Crippen molar-refractivity contribution in [2.45, 2.75) is 31.0 Å². The summed E-state index contributed by atoms with van der Waals surface area (Å²) < 4.78 is 0. The molecule has 0 atom stereocenters. The van der Waals surface area contributed by atoms with Crippen molar-refractivity contribution in [1.82, 2.24) is 0 Å². The van der Waals surface area contributed by atoms with E-state index in [1.54, 1.807) is 0 Å². The first-order chi connectivity index (χ1) is 7.86. The van der Waals surface area contributed by atoms with Crippen LogP contribution in [0.2, 0.25) is 18.1 Å². The van der Waals surface area contributed by atoms with Gasteiger partial charge in [0.25, 0.3) is 0 Å². The SMILES string of the molecule is C=CC[Si](CC=C)CCCc1ccccc1. The Morgan fingerprint density at radius 3 is 2.19 bits per heavy atom. The highest BCUT2D eigenvalue weighted by atomic mass is 28.3. The Kier molecular flexibility index (Phi) is 6.58. The first-order valence-electron chi connectivity index (χ1n) is 5.96. The zero-order valence-corrected chi connectivity index (χ0v) is 11.0. The first kappa shape index (κ1) is 13.0. The second-order valence-corrected chi connectivity index (χ2v) is 6.89. The molecule has 0 fully saturated rings. The Morgan fingerprint density at radius 1 is 1.00 bits per heavy atom. The molecule has 85 valence electrons. The lowest BCUT2D eigenvalue weighted by molar-refractivity contribution is 0.905. The predicted molar refractivity (Wildman–Crippen MR) is 75.3 cm³/mol. The van der Waals surface area contributed by atoms with Gasteiger partial charge in [-0.1, -0.05) is 54.9 Å². The lowest BCUT2D eigenvalue weighted by Gasteiger charge is -2.10. The summed E-state index contributed by atoms with van der Waals surface area (Å²) >= 11 is 0. The molecule has 0 saturated carbocycles. The summed E-state index contributed by atoms with van der Waals surface area (Å²) in [7, 11) is -0.252. The third-order valence-corrected chi connectivity index (χ3v) is 5.50. The third-order valence-electron chi connectivity index (χ3n) is 2.70. The van der Waals surface area contributed by atoms with Crippen LogP contribution in [0, 0.1) is 0 Å². The topological polar surface area (TPSA) is 0 Å². The highest BCUT2D eigenvalue weighted by Gasteiger charge is 2.06. The summed E-state index contributed by atoms with van der Waals surface area (Å²) in [5.74, 6) is 0. The fourth-order valence-electron chi connectivity index (χ4n) is 1.88. The van der Waals surface area contributed by atoms with Crippen LogP contribution >= 0.6 is 0 Å². The lowest BCUT2D eigenvalue weighted by Crippen LogP contribution is -2.09. The van der Waals surface area contributed by atoms with E-state index in [-0.39, 0.29) is 8.80 Å². The van der Waals surface area contributed by atoms with Crippen LogP contribution in [0.4, 0.5) is 0 Å². The molecule has 0 nitrogen and oxygen atoms in total. The molecule has 0 unspecified atom stereocenters. The van der Waals surface area contributed by atoms with Gasteiger partial charge in [-0.25, -0.2) is 0 Å². The summed E-state index contributed by atoms with van der Waals surface area (Å²) in [6.07, 6.45) is 6.66. The van der Waals surface area contributed by atoms with Crippen LogP contribution in [0.5, 0.6) is 0 Å². The van der Waals surface area contributed by atoms with E-state index in [2.05, 4.69) is 55.6 Å². The zero-order chi connectivity index (χ0) is 11.6. The van der Waals surface area contributed by atoms with Gasteiger partial charge in [0.1, 0.15) is 0 Å². The second-order valence-electron chi connectivity index (χ2n) is 4.07. The highest BCUT2D eigenvalue weighted by Crippen LogP contribution is 2.12. The molecule has 1 heteroatoms. The fourth-order valence-corrected chi connectivity index (χ4v) is 3.95. The van der Waals surface area contributed by atoms with Gasteiger partial charge in [0.15, 0.2) is 0 Å². The predicted octanol–water partition coefficient (Wildman–Crippen LogP) is 4.49. The number of allylic oxidation sites excluding steroid dienone is 2. The smallest absolute Gasteiger partial charge is 0.0558 e. The van der Waals surface area contributed by atoms with Crippen molar-refractivity contribution in [3.63, 3.8) is 0 Å². The van der Waals surface area contributed by atoms with Crippen molar-refractivity contribution in [1.29, 1.82) is 0 Å². The molecule has 0 spiro atoms. The minimum absolute atomic E-state index is 0.252. The number of rotatable bonds is 8. The van der Waals surface area contributed by atoms with E-state index in [0.29, 0.717) is 0 Å². The van der Waals surface area contributed by atoms with Gasteiger partial charge in [-0.05, 0) is 24.1 Å². The largest absolute Gasteiger partial charge is 0.103 e. The maximum atomic E-state index is 3.84. The Balaban J connectivity index is 2.27. The van der Waals surface area contributed by atoms with Crippen LogP contribution < -0.4 is 0 Å². The number of aryl methyl sites for hydroxylation is 1. The molecule has 0 aliphatic carbocycles. The van der Waals surface area contributed by atoms with E-state index in [9.17, 15) is 0 Å². The fraction of sp³-hybridized carbons (Fsp3) is 0.333. The maximum Gasteiger partial charge on any atom is 0.0558 e. The molecule has 0 saturated heterocycles. The minimum Gasteiger partial charge on any atom is -0.103 e. The molecule has 0 heterocycles. The summed E-state index contributed by atoms with van der Waals surface area (Å²) in [5.41, 5.74) is 1.46. The number of hydrogen-bond acceptors (Lipinski definition) is 0. The molecule has 1 aromatic rings. The Hall–Kier alpha value is -1.08. The second kappa shape index (κ2) is 8.11. The van der Waals surface area contributed by atoms with Crippen molar-refractivity contribution in [3.8, 4) is 0 Å². The highest BCUT2D eigenvalue weighted by molar-refractivity contribution is 6.59. The van der Waals surface area contributed by atoms with E-state index in [1.807, 2.05) is 0 Å². The molecule has 0 aromatic heterocycles. The van der Waals surface area contributed by atoms with Crippen LogP contribution in [0.3, 0.4) is 0 Å². The van der Waals surface area contributed by atoms with Crippen LogP contribution in [0.1, 0.15) is 12.0 Å². The standard InChI is InChI=1S/C15H21Si/c1-3-12-16(13-4-2)14-8-11-15-9-6-5-7-10-15/h3-7,9-10H,1-2,8,11-14H2. The summed E-state index contributed by atoms with van der Waals surface area (Å²) in [4.78, 5) is 0. The molecule has 1 aromatic carbocycles. The molecule has 0 N–H and O–H groups in total. The molecule has 0 aliphatic rings. The van der Waals surface area contributed by atoms with Gasteiger partial charge in [0.2, 0.25) is 0 Å². The summed E-state index contributed by atoms with van der Waals surface area (Å²) in [6.45, 7) is 7.68. The van der Waals surface area contributed by atoms with Crippen molar-refractivity contribution in [2.24, 2.45) is 0 Å². The van der Waals surface area contributed by atoms with Gasteiger partial charge in [-0.2, -0.15) is 0 Å². The van der Waals surface area contributed by atoms with Crippen molar-refractivity contribution >= 4 is 8.80 Å². The monoisotopic (exact) mass is 229 g/mol. The molecule has 1 rings (SSSR count). The Morgan fingerprint density at radius 2 is 1.62 bits per heavy atom. The van der Waals surface area contributed by atoms with Gasteiger partial charge < -0.3 is 0 Å². The van der Waals surface area contributed by atoms with Crippen molar-refractivity contribution in [3.05, 3.63) is 61.2 Å². The van der Waals surface area contributed by atoms with Gasteiger partial charge >= 0.3 is 0 Å². The van der Waals surface area contributed by atoms with Gasteiger partial charge in [-0.3, -0.25) is 0 Å². The quantitative estimate of drug-likeness (QED) is 0.455. The maximum absolute atomic E-state index is 3.84. The molecule has 16 heavy (non-hydrogen) atoms. The third kappa shape index (κ3) is 5.13. The Labute approximate surface area is 101 Å². The molecule has 0 bridgehead atoms. The zero-order valence-electron chi connectivity index (χ0n) is 9.99. The van der Waals surface area contributed by atoms with E-state index < -0.39 is 0 Å². The van der Waals surface area contributed by atoms with Gasteiger partial charge in [0.05, 0.1) is 8.80 Å². The summed E-state index contributed by atoms with van der Waals surface area (Å²) in [5, 5.41) is 0. The molecular formula is C15H21Si. The van der Waals surface area contributed by atoms with Gasteiger partial charge in [0, 0.05) is 0 Å². The molecule has 1 radical (unpaired) electrons. The van der Waals surface area contributed by atoms with Crippen LogP contribution in [-0.4, -0.2) is 8.80 Å². The summed E-state index contributed by atoms with van der Waals surface area (Å²) in [6, 6.07) is 14.5. The van der Waals surface area contributed by atoms with E-state index >= 15 is 0 Å². The lowest BCUT2D eigenvalue weighted by atomic mass is 10.1. The molecule has 0 amide bonds. The van der Waals surface area contributed by atoms with Crippen molar-refractivity contribution in [2.75, 3.05) is 0 Å². The minimum atomic E-state index is -0.252. The average molecular weight is 229 g/mol.